The first-order valence-electron chi connectivity index (χ1n) is 8.41. The number of aromatic amines is 2. The van der Waals surface area contributed by atoms with Gasteiger partial charge in [0, 0.05) is 18.8 Å². The van der Waals surface area contributed by atoms with Crippen molar-refractivity contribution in [1.82, 2.24) is 19.2 Å². The summed E-state index contributed by atoms with van der Waals surface area (Å²) < 4.78 is 27.5. The van der Waals surface area contributed by atoms with Crippen LogP contribution in [0.4, 0.5) is 0 Å². The highest BCUT2D eigenvalue weighted by Crippen LogP contribution is 2.32. The minimum absolute atomic E-state index is 0.0699. The van der Waals surface area contributed by atoms with Crippen molar-refractivity contribution >= 4 is 38.6 Å². The second-order valence-electron chi connectivity index (χ2n) is 6.70. The van der Waals surface area contributed by atoms with E-state index in [1.54, 1.807) is 11.9 Å². The number of sulfonamides is 1. The van der Waals surface area contributed by atoms with E-state index in [0.717, 1.165) is 12.8 Å². The van der Waals surface area contributed by atoms with Gasteiger partial charge >= 0.3 is 5.69 Å². The van der Waals surface area contributed by atoms with E-state index in [1.807, 2.05) is 0 Å². The first kappa shape index (κ1) is 18.3. The summed E-state index contributed by atoms with van der Waals surface area (Å²) in [6.45, 7) is 0. The monoisotopic (exact) mass is 410 g/mol. The Morgan fingerprint density at radius 3 is 2.70 bits per heavy atom. The van der Waals surface area contributed by atoms with Gasteiger partial charge in [-0.2, -0.15) is 4.31 Å². The molecule has 1 aliphatic carbocycles. The highest BCUT2D eigenvalue weighted by Gasteiger charge is 2.43. The minimum atomic E-state index is -3.97. The summed E-state index contributed by atoms with van der Waals surface area (Å²) in [6.07, 6.45) is 1.89. The Balaban J connectivity index is 1.71. The summed E-state index contributed by atoms with van der Waals surface area (Å²) in [7, 11) is -2.26. The Labute approximate surface area is 158 Å². The first-order chi connectivity index (χ1) is 12.8. The number of nitrogens with one attached hydrogen (secondary N) is 2. The molecule has 144 valence electrons. The highest BCUT2D eigenvalue weighted by atomic mass is 32.2. The Kier molecular flexibility index (Phi) is 4.40. The molecule has 4 rings (SSSR count). The van der Waals surface area contributed by atoms with Crippen molar-refractivity contribution in [2.45, 2.75) is 29.8 Å². The average Bonchev–Trinajstić information content (AvgIpc) is 3.35. The molecule has 2 aliphatic rings. The SMILES string of the molecule is CN(C(=O)C1CSCN1S(=O)(=O)c1ccc2[nH]c(=O)[nH]c(=O)c2c1)C1CC1. The number of aromatic nitrogens is 2. The number of hydrogen-bond donors (Lipinski definition) is 2. The van der Waals surface area contributed by atoms with Crippen LogP contribution in [-0.2, 0) is 14.8 Å². The number of carbonyl (C=O) groups excluding carboxylic acids is 1. The molecule has 2 N–H and O–H groups in total. The third kappa shape index (κ3) is 3.19. The van der Waals surface area contributed by atoms with E-state index in [4.69, 9.17) is 0 Å². The number of fused-ring (bicyclic) bond motifs is 1. The van der Waals surface area contributed by atoms with Crippen molar-refractivity contribution in [1.29, 1.82) is 0 Å². The van der Waals surface area contributed by atoms with Crippen LogP contribution in [-0.4, -0.2) is 64.3 Å². The molecule has 9 nitrogen and oxygen atoms in total. The molecule has 2 heterocycles. The van der Waals surface area contributed by atoms with E-state index >= 15 is 0 Å². The van der Waals surface area contributed by atoms with Gasteiger partial charge in [0.25, 0.3) is 5.56 Å². The molecule has 0 spiro atoms. The maximum Gasteiger partial charge on any atom is 0.326 e. The van der Waals surface area contributed by atoms with Crippen molar-refractivity contribution in [3.8, 4) is 0 Å². The molecule has 1 saturated heterocycles. The van der Waals surface area contributed by atoms with Gasteiger partial charge in [-0.25, -0.2) is 13.2 Å². The molecule has 27 heavy (non-hydrogen) atoms. The number of amides is 1. The molecule has 1 amide bonds. The van der Waals surface area contributed by atoms with Crippen molar-refractivity contribution in [2.75, 3.05) is 18.7 Å². The third-order valence-corrected chi connectivity index (χ3v) is 7.91. The number of benzene rings is 1. The van der Waals surface area contributed by atoms with Crippen LogP contribution in [0.25, 0.3) is 10.9 Å². The Bertz CT molecular complexity index is 1140. The van der Waals surface area contributed by atoms with E-state index < -0.39 is 27.3 Å². The van der Waals surface area contributed by atoms with Crippen LogP contribution in [0.15, 0.2) is 32.7 Å². The van der Waals surface area contributed by atoms with Gasteiger partial charge in [0.1, 0.15) is 6.04 Å². The summed E-state index contributed by atoms with van der Waals surface area (Å²) >= 11 is 1.38. The van der Waals surface area contributed by atoms with E-state index in [2.05, 4.69) is 9.97 Å². The number of hydrogen-bond acceptors (Lipinski definition) is 6. The molecular weight excluding hydrogens is 392 g/mol. The van der Waals surface area contributed by atoms with Gasteiger partial charge in [-0.3, -0.25) is 14.6 Å². The van der Waals surface area contributed by atoms with Crippen molar-refractivity contribution in [3.05, 3.63) is 39.0 Å². The molecule has 11 heteroatoms. The lowest BCUT2D eigenvalue weighted by Gasteiger charge is -2.26. The number of H-pyrrole nitrogens is 2. The van der Waals surface area contributed by atoms with Crippen molar-refractivity contribution in [2.24, 2.45) is 0 Å². The number of rotatable bonds is 4. The fraction of sp³-hybridized carbons (Fsp3) is 0.438. The normalized spacial score (nSPS) is 20.9. The van der Waals surface area contributed by atoms with Gasteiger partial charge in [0.2, 0.25) is 15.9 Å². The molecule has 1 aromatic heterocycles. The van der Waals surface area contributed by atoms with E-state index in [1.165, 1.54) is 34.3 Å². The number of likely N-dealkylation sites (N-methyl/N-ethyl adjacent to an activating group) is 1. The summed E-state index contributed by atoms with van der Waals surface area (Å²) in [4.78, 5) is 42.2. The van der Waals surface area contributed by atoms with Gasteiger partial charge in [-0.15, -0.1) is 11.8 Å². The molecule has 0 radical (unpaired) electrons. The maximum atomic E-state index is 13.1. The van der Waals surface area contributed by atoms with Gasteiger partial charge in [0.15, 0.2) is 0 Å². The van der Waals surface area contributed by atoms with Crippen LogP contribution in [0.2, 0.25) is 0 Å². The fourth-order valence-electron chi connectivity index (χ4n) is 3.18. The fourth-order valence-corrected chi connectivity index (χ4v) is 6.34. The highest BCUT2D eigenvalue weighted by molar-refractivity contribution is 8.00. The lowest BCUT2D eigenvalue weighted by Crippen LogP contribution is -2.48. The predicted octanol–water partition coefficient (Wildman–Crippen LogP) is -0.0992. The van der Waals surface area contributed by atoms with Crippen LogP contribution >= 0.6 is 11.8 Å². The minimum Gasteiger partial charge on any atom is -0.341 e. The molecule has 1 unspecified atom stereocenters. The van der Waals surface area contributed by atoms with Crippen LogP contribution in [0.3, 0.4) is 0 Å². The summed E-state index contributed by atoms with van der Waals surface area (Å²) in [5.41, 5.74) is -1.07. The Hall–Kier alpha value is -2.11. The third-order valence-electron chi connectivity index (χ3n) is 4.89. The molecule has 1 aliphatic heterocycles. The van der Waals surface area contributed by atoms with Crippen LogP contribution < -0.4 is 11.2 Å². The van der Waals surface area contributed by atoms with Gasteiger partial charge < -0.3 is 9.88 Å². The quantitative estimate of drug-likeness (QED) is 0.726. The molecule has 1 saturated carbocycles. The molecule has 0 bridgehead atoms. The Morgan fingerprint density at radius 2 is 2.00 bits per heavy atom. The lowest BCUT2D eigenvalue weighted by molar-refractivity contribution is -0.133. The second-order valence-corrected chi connectivity index (χ2v) is 9.59. The number of nitrogens with zero attached hydrogens (tertiary/aromatic N) is 2. The zero-order valence-corrected chi connectivity index (χ0v) is 16.1. The molecule has 1 atom stereocenters. The summed E-state index contributed by atoms with van der Waals surface area (Å²) in [6, 6.07) is 3.39. The summed E-state index contributed by atoms with van der Waals surface area (Å²) in [5, 5.41) is 0.0699. The van der Waals surface area contributed by atoms with Crippen LogP contribution in [0, 0.1) is 0 Å². The van der Waals surface area contributed by atoms with Crippen molar-refractivity contribution in [3.63, 3.8) is 0 Å². The Morgan fingerprint density at radius 1 is 1.26 bits per heavy atom. The maximum absolute atomic E-state index is 13.1. The zero-order chi connectivity index (χ0) is 19.3. The first-order valence-corrected chi connectivity index (χ1v) is 11.0. The smallest absolute Gasteiger partial charge is 0.326 e. The van der Waals surface area contributed by atoms with Gasteiger partial charge in [-0.05, 0) is 31.0 Å². The van der Waals surface area contributed by atoms with E-state index in [-0.39, 0.29) is 33.6 Å². The predicted molar refractivity (Wildman–Crippen MR) is 101 cm³/mol. The lowest BCUT2D eigenvalue weighted by atomic mass is 10.2. The standard InChI is InChI=1S/C16H18N4O5S2/c1-19(9-2-3-9)15(22)13-7-26-8-20(13)27(24,25)10-4-5-12-11(6-10)14(21)18-16(23)17-12/h4-6,9,13H,2-3,7-8H2,1H3,(H2,17,18,21,23). The molecule has 1 aromatic carbocycles. The summed E-state index contributed by atoms with van der Waals surface area (Å²) in [5.74, 6) is 0.377. The van der Waals surface area contributed by atoms with E-state index in [9.17, 15) is 22.8 Å². The average molecular weight is 410 g/mol. The molecule has 2 fully saturated rings. The number of thioether (sulfide) groups is 1. The molecular formula is C16H18N4O5S2. The van der Waals surface area contributed by atoms with Crippen molar-refractivity contribution < 1.29 is 13.2 Å². The number of carbonyl (C=O) groups is 1. The second kappa shape index (κ2) is 6.50. The van der Waals surface area contributed by atoms with Crippen LogP contribution in [0.5, 0.6) is 0 Å². The zero-order valence-electron chi connectivity index (χ0n) is 14.5. The van der Waals surface area contributed by atoms with E-state index in [0.29, 0.717) is 5.75 Å². The van der Waals surface area contributed by atoms with Gasteiger partial charge in [-0.1, -0.05) is 0 Å². The molecule has 2 aromatic rings. The van der Waals surface area contributed by atoms with Crippen LogP contribution in [0.1, 0.15) is 12.8 Å². The topological polar surface area (TPSA) is 123 Å². The largest absolute Gasteiger partial charge is 0.341 e. The van der Waals surface area contributed by atoms with Gasteiger partial charge in [0.05, 0.1) is 21.7 Å².